The van der Waals surface area contributed by atoms with Crippen molar-refractivity contribution < 1.29 is 4.79 Å². The van der Waals surface area contributed by atoms with Gasteiger partial charge in [0.25, 0.3) is 5.56 Å². The van der Waals surface area contributed by atoms with Gasteiger partial charge >= 0.3 is 0 Å². The molecule has 0 aliphatic carbocycles. The number of halogens is 2. The van der Waals surface area contributed by atoms with Crippen LogP contribution in [0.1, 0.15) is 45.0 Å². The molecule has 0 radical (unpaired) electrons. The number of carbonyl (C=O) groups is 1. The lowest BCUT2D eigenvalue weighted by Crippen LogP contribution is -2.38. The Balaban J connectivity index is 2.19. The van der Waals surface area contributed by atoms with Gasteiger partial charge in [-0.1, -0.05) is 35.0 Å². The van der Waals surface area contributed by atoms with Crippen LogP contribution < -0.4 is 5.56 Å². The molecule has 0 saturated carbocycles. The number of aromatic nitrogens is 2. The SMILES string of the molecule is CCCN(C(=O)CCCCl)C(C)c1nc2ccccc2c(=O)n1-c1ccc(Br)cc1. The van der Waals surface area contributed by atoms with Gasteiger partial charge in [0.05, 0.1) is 22.6 Å². The molecule has 1 aromatic heterocycles. The molecule has 1 unspecified atom stereocenters. The summed E-state index contributed by atoms with van der Waals surface area (Å²) in [6.45, 7) is 4.55. The third-order valence-corrected chi connectivity index (χ3v) is 5.83. The highest BCUT2D eigenvalue weighted by Crippen LogP contribution is 2.24. The first-order valence-corrected chi connectivity index (χ1v) is 11.4. The van der Waals surface area contributed by atoms with Crippen molar-refractivity contribution in [3.63, 3.8) is 0 Å². The molecule has 5 nitrogen and oxygen atoms in total. The standard InChI is InChI=1S/C23H25BrClN3O2/c1-3-15-27(21(29)9-6-14-25)16(2)22-26-20-8-5-4-7-19(20)23(30)28(22)18-12-10-17(24)11-13-18/h4-5,7-8,10-13,16H,3,6,9,14-15H2,1-2H3. The Labute approximate surface area is 189 Å². The molecule has 0 saturated heterocycles. The fourth-order valence-electron chi connectivity index (χ4n) is 3.55. The maximum absolute atomic E-state index is 13.5. The highest BCUT2D eigenvalue weighted by atomic mass is 79.9. The van der Waals surface area contributed by atoms with Gasteiger partial charge < -0.3 is 4.90 Å². The van der Waals surface area contributed by atoms with E-state index in [1.807, 2.05) is 56.3 Å². The first kappa shape index (κ1) is 22.5. The van der Waals surface area contributed by atoms with Crippen molar-refractivity contribution in [1.82, 2.24) is 14.5 Å². The number of rotatable bonds is 8. The Morgan fingerprint density at radius 1 is 1.20 bits per heavy atom. The maximum atomic E-state index is 13.5. The number of nitrogens with zero attached hydrogens (tertiary/aromatic N) is 3. The molecular weight excluding hydrogens is 466 g/mol. The monoisotopic (exact) mass is 489 g/mol. The number of carbonyl (C=O) groups excluding carboxylic acids is 1. The molecule has 3 rings (SSSR count). The molecule has 0 N–H and O–H groups in total. The van der Waals surface area contributed by atoms with Crippen LogP contribution in [-0.2, 0) is 4.79 Å². The third kappa shape index (κ3) is 4.76. The number of hydrogen-bond acceptors (Lipinski definition) is 3. The second kappa shape index (κ2) is 10.2. The van der Waals surface area contributed by atoms with E-state index >= 15 is 0 Å². The Morgan fingerprint density at radius 3 is 2.57 bits per heavy atom. The highest BCUT2D eigenvalue weighted by Gasteiger charge is 2.26. The van der Waals surface area contributed by atoms with Gasteiger partial charge in [0.2, 0.25) is 5.91 Å². The van der Waals surface area contributed by atoms with Crippen molar-refractivity contribution in [3.8, 4) is 5.69 Å². The number of amides is 1. The molecule has 0 bridgehead atoms. The molecule has 0 aliphatic rings. The molecule has 0 fully saturated rings. The van der Waals surface area contributed by atoms with Crippen molar-refractivity contribution in [2.75, 3.05) is 12.4 Å². The third-order valence-electron chi connectivity index (χ3n) is 5.04. The summed E-state index contributed by atoms with van der Waals surface area (Å²) in [6.07, 6.45) is 1.81. The van der Waals surface area contributed by atoms with E-state index in [4.69, 9.17) is 16.6 Å². The quantitative estimate of drug-likeness (QED) is 0.394. The van der Waals surface area contributed by atoms with Crippen LogP contribution in [0.2, 0.25) is 0 Å². The molecule has 1 amide bonds. The topological polar surface area (TPSA) is 55.2 Å². The summed E-state index contributed by atoms with van der Waals surface area (Å²) in [5.41, 5.74) is 1.20. The van der Waals surface area contributed by atoms with Gasteiger partial charge in [0.1, 0.15) is 5.82 Å². The second-order valence-electron chi connectivity index (χ2n) is 7.16. The smallest absolute Gasteiger partial charge is 0.266 e. The Morgan fingerprint density at radius 2 is 1.90 bits per heavy atom. The molecule has 158 valence electrons. The molecule has 3 aromatic rings. The summed E-state index contributed by atoms with van der Waals surface area (Å²) in [5, 5.41) is 0.548. The van der Waals surface area contributed by atoms with Crippen LogP contribution in [-0.4, -0.2) is 32.8 Å². The fourth-order valence-corrected chi connectivity index (χ4v) is 3.94. The van der Waals surface area contributed by atoms with Gasteiger partial charge in [-0.3, -0.25) is 14.2 Å². The summed E-state index contributed by atoms with van der Waals surface area (Å²) in [7, 11) is 0. The molecule has 0 spiro atoms. The van der Waals surface area contributed by atoms with Gasteiger partial charge in [0.15, 0.2) is 0 Å². The lowest BCUT2D eigenvalue weighted by Gasteiger charge is -2.30. The van der Waals surface area contributed by atoms with E-state index in [9.17, 15) is 9.59 Å². The van der Waals surface area contributed by atoms with Gasteiger partial charge in [-0.2, -0.15) is 0 Å². The summed E-state index contributed by atoms with van der Waals surface area (Å²) in [4.78, 5) is 33.0. The van der Waals surface area contributed by atoms with Crippen LogP contribution >= 0.6 is 27.5 Å². The predicted molar refractivity (Wildman–Crippen MR) is 125 cm³/mol. The number of fused-ring (bicyclic) bond motifs is 1. The molecule has 1 heterocycles. The Hall–Kier alpha value is -2.18. The summed E-state index contributed by atoms with van der Waals surface area (Å²) in [5.74, 6) is 1.02. The Kier molecular flexibility index (Phi) is 7.67. The first-order chi connectivity index (χ1) is 14.5. The van der Waals surface area contributed by atoms with E-state index in [0.29, 0.717) is 47.7 Å². The van der Waals surface area contributed by atoms with Crippen LogP contribution in [0.5, 0.6) is 0 Å². The molecule has 1 atom stereocenters. The molecule has 30 heavy (non-hydrogen) atoms. The number of hydrogen-bond donors (Lipinski definition) is 0. The van der Waals surface area contributed by atoms with Crippen molar-refractivity contribution in [2.24, 2.45) is 0 Å². The minimum absolute atomic E-state index is 0.0229. The van der Waals surface area contributed by atoms with Gasteiger partial charge in [0, 0.05) is 23.3 Å². The van der Waals surface area contributed by atoms with Crippen molar-refractivity contribution in [2.45, 2.75) is 39.2 Å². The van der Waals surface area contributed by atoms with Crippen molar-refractivity contribution in [3.05, 3.63) is 69.2 Å². The van der Waals surface area contributed by atoms with E-state index in [-0.39, 0.29) is 17.5 Å². The van der Waals surface area contributed by atoms with Crippen LogP contribution in [0.25, 0.3) is 16.6 Å². The van der Waals surface area contributed by atoms with E-state index < -0.39 is 0 Å². The predicted octanol–water partition coefficient (Wildman–Crippen LogP) is 5.47. The molecule has 2 aromatic carbocycles. The van der Waals surface area contributed by atoms with Gasteiger partial charge in [-0.15, -0.1) is 11.6 Å². The normalized spacial score (nSPS) is 12.1. The van der Waals surface area contributed by atoms with E-state index in [1.54, 1.807) is 15.5 Å². The summed E-state index contributed by atoms with van der Waals surface area (Å²) < 4.78 is 2.54. The van der Waals surface area contributed by atoms with E-state index in [2.05, 4.69) is 15.9 Å². The Bertz CT molecular complexity index is 1080. The van der Waals surface area contributed by atoms with Crippen LogP contribution in [0.3, 0.4) is 0 Å². The van der Waals surface area contributed by atoms with E-state index in [1.165, 1.54) is 0 Å². The largest absolute Gasteiger partial charge is 0.333 e. The average molecular weight is 491 g/mol. The average Bonchev–Trinajstić information content (AvgIpc) is 2.76. The van der Waals surface area contributed by atoms with Crippen LogP contribution in [0.15, 0.2) is 57.8 Å². The van der Waals surface area contributed by atoms with E-state index in [0.717, 1.165) is 10.9 Å². The van der Waals surface area contributed by atoms with Crippen molar-refractivity contribution >= 4 is 44.3 Å². The zero-order valence-electron chi connectivity index (χ0n) is 17.1. The summed E-state index contributed by atoms with van der Waals surface area (Å²) in [6, 6.07) is 14.5. The van der Waals surface area contributed by atoms with Crippen LogP contribution in [0, 0.1) is 0 Å². The zero-order chi connectivity index (χ0) is 21.7. The molecular formula is C23H25BrClN3O2. The first-order valence-electron chi connectivity index (χ1n) is 10.1. The highest BCUT2D eigenvalue weighted by molar-refractivity contribution is 9.10. The second-order valence-corrected chi connectivity index (χ2v) is 8.45. The molecule has 7 heteroatoms. The lowest BCUT2D eigenvalue weighted by atomic mass is 10.1. The zero-order valence-corrected chi connectivity index (χ0v) is 19.5. The number of alkyl halides is 1. The minimum atomic E-state index is -0.367. The van der Waals surface area contributed by atoms with Crippen molar-refractivity contribution in [1.29, 1.82) is 0 Å². The number of benzene rings is 2. The van der Waals surface area contributed by atoms with Gasteiger partial charge in [-0.05, 0) is 56.2 Å². The minimum Gasteiger partial charge on any atom is -0.333 e. The lowest BCUT2D eigenvalue weighted by molar-refractivity contribution is -0.133. The van der Waals surface area contributed by atoms with Crippen LogP contribution in [0.4, 0.5) is 0 Å². The molecule has 0 aliphatic heterocycles. The fraction of sp³-hybridized carbons (Fsp3) is 0.348. The summed E-state index contributed by atoms with van der Waals surface area (Å²) >= 11 is 9.24. The number of para-hydroxylation sites is 1. The maximum Gasteiger partial charge on any atom is 0.266 e. The van der Waals surface area contributed by atoms with Gasteiger partial charge in [-0.25, -0.2) is 4.98 Å².